The molecule has 1 heterocycles. The first-order valence-corrected chi connectivity index (χ1v) is 9.00. The molecule has 1 aromatic rings. The van der Waals surface area contributed by atoms with Gasteiger partial charge in [-0.05, 0) is 31.5 Å². The third-order valence-corrected chi connectivity index (χ3v) is 5.98. The second-order valence-corrected chi connectivity index (χ2v) is 7.91. The SMILES string of the molecule is CCOC1CC(N)(C(=O)Nc2cccc(C3(C)NC(=O)NC3=O)c2)C1(C)C.Cl. The summed E-state index contributed by atoms with van der Waals surface area (Å²) in [4.78, 5) is 36.5. The van der Waals surface area contributed by atoms with Crippen LogP contribution >= 0.6 is 12.4 Å². The van der Waals surface area contributed by atoms with Crippen molar-refractivity contribution in [2.45, 2.75) is 51.3 Å². The number of anilines is 1. The predicted octanol–water partition coefficient (Wildman–Crippen LogP) is 1.63. The van der Waals surface area contributed by atoms with Gasteiger partial charge in [0, 0.05) is 24.1 Å². The summed E-state index contributed by atoms with van der Waals surface area (Å²) in [5, 5.41) is 7.68. The third kappa shape index (κ3) is 3.25. The average molecular weight is 411 g/mol. The van der Waals surface area contributed by atoms with Crippen molar-refractivity contribution < 1.29 is 19.1 Å². The first-order chi connectivity index (χ1) is 12.5. The Morgan fingerprint density at radius 3 is 2.54 bits per heavy atom. The largest absolute Gasteiger partial charge is 0.378 e. The maximum Gasteiger partial charge on any atom is 0.322 e. The summed E-state index contributed by atoms with van der Waals surface area (Å²) < 4.78 is 5.67. The van der Waals surface area contributed by atoms with E-state index in [1.807, 2.05) is 20.8 Å². The maximum atomic E-state index is 12.9. The Hall–Kier alpha value is -2.16. The molecule has 0 bridgehead atoms. The zero-order chi connectivity index (χ0) is 20.0. The summed E-state index contributed by atoms with van der Waals surface area (Å²) in [7, 11) is 0. The van der Waals surface area contributed by atoms with Crippen LogP contribution in [-0.4, -0.2) is 36.1 Å². The number of imide groups is 1. The second-order valence-electron chi connectivity index (χ2n) is 7.91. The highest BCUT2D eigenvalue weighted by Gasteiger charge is 2.62. The molecule has 1 aromatic carbocycles. The van der Waals surface area contributed by atoms with Crippen molar-refractivity contribution >= 4 is 35.9 Å². The smallest absolute Gasteiger partial charge is 0.322 e. The number of rotatable bonds is 5. The van der Waals surface area contributed by atoms with E-state index in [4.69, 9.17) is 10.5 Å². The zero-order valence-electron chi connectivity index (χ0n) is 16.4. The Morgan fingerprint density at radius 2 is 2.00 bits per heavy atom. The Labute approximate surface area is 170 Å². The van der Waals surface area contributed by atoms with E-state index in [-0.39, 0.29) is 24.4 Å². The lowest BCUT2D eigenvalue weighted by Gasteiger charge is -2.57. The van der Waals surface area contributed by atoms with Crippen LogP contribution in [0.1, 0.15) is 39.7 Å². The molecule has 154 valence electrons. The van der Waals surface area contributed by atoms with Crippen LogP contribution in [0, 0.1) is 5.41 Å². The van der Waals surface area contributed by atoms with E-state index in [1.54, 1.807) is 31.2 Å². The molecule has 0 aromatic heterocycles. The van der Waals surface area contributed by atoms with E-state index in [9.17, 15) is 14.4 Å². The molecule has 3 unspecified atom stereocenters. The fourth-order valence-corrected chi connectivity index (χ4v) is 3.72. The van der Waals surface area contributed by atoms with Crippen molar-refractivity contribution in [3.8, 4) is 0 Å². The Bertz CT molecular complexity index is 815. The number of benzene rings is 1. The first-order valence-electron chi connectivity index (χ1n) is 9.00. The Kier molecular flexibility index (Phi) is 5.81. The molecule has 1 saturated carbocycles. The number of carbonyl (C=O) groups is 3. The lowest BCUT2D eigenvalue weighted by Crippen LogP contribution is -2.74. The third-order valence-electron chi connectivity index (χ3n) is 5.98. The molecular weight excluding hydrogens is 384 g/mol. The van der Waals surface area contributed by atoms with E-state index in [0.29, 0.717) is 24.3 Å². The van der Waals surface area contributed by atoms with Gasteiger partial charge in [-0.2, -0.15) is 0 Å². The van der Waals surface area contributed by atoms with Gasteiger partial charge in [0.25, 0.3) is 5.91 Å². The molecule has 0 spiro atoms. The second kappa shape index (κ2) is 7.35. The van der Waals surface area contributed by atoms with Crippen LogP contribution in [0.25, 0.3) is 0 Å². The Morgan fingerprint density at radius 1 is 1.32 bits per heavy atom. The zero-order valence-corrected chi connectivity index (χ0v) is 17.2. The number of nitrogens with two attached hydrogens (primary N) is 1. The summed E-state index contributed by atoms with van der Waals surface area (Å²) in [6.07, 6.45) is 0.371. The number of halogens is 1. The fraction of sp³-hybridized carbons (Fsp3) is 0.526. The molecule has 8 nitrogen and oxygen atoms in total. The minimum absolute atomic E-state index is 0. The Balaban J connectivity index is 0.00000280. The fourth-order valence-electron chi connectivity index (χ4n) is 3.72. The molecule has 5 N–H and O–H groups in total. The minimum atomic E-state index is -1.19. The van der Waals surface area contributed by atoms with Gasteiger partial charge in [0.15, 0.2) is 0 Å². The molecular formula is C19H27ClN4O4. The molecule has 1 aliphatic heterocycles. The van der Waals surface area contributed by atoms with Crippen LogP contribution in [0.5, 0.6) is 0 Å². The molecule has 1 saturated heterocycles. The summed E-state index contributed by atoms with van der Waals surface area (Å²) >= 11 is 0. The summed E-state index contributed by atoms with van der Waals surface area (Å²) in [6, 6.07) is 6.27. The van der Waals surface area contributed by atoms with Crippen LogP contribution in [0.2, 0.25) is 0 Å². The van der Waals surface area contributed by atoms with Crippen molar-refractivity contribution in [3.05, 3.63) is 29.8 Å². The first kappa shape index (κ1) is 22.1. The van der Waals surface area contributed by atoms with Crippen LogP contribution in [0.3, 0.4) is 0 Å². The van der Waals surface area contributed by atoms with Gasteiger partial charge in [0.05, 0.1) is 6.10 Å². The van der Waals surface area contributed by atoms with E-state index in [0.717, 1.165) is 0 Å². The number of amides is 4. The van der Waals surface area contributed by atoms with E-state index in [2.05, 4.69) is 16.0 Å². The number of nitrogens with one attached hydrogen (secondary N) is 3. The van der Waals surface area contributed by atoms with Gasteiger partial charge in [-0.25, -0.2) is 4.79 Å². The van der Waals surface area contributed by atoms with Gasteiger partial charge in [-0.3, -0.25) is 14.9 Å². The monoisotopic (exact) mass is 410 g/mol. The average Bonchev–Trinajstić information content (AvgIpc) is 2.87. The highest BCUT2D eigenvalue weighted by Crippen LogP contribution is 2.50. The molecule has 3 rings (SSSR count). The summed E-state index contributed by atoms with van der Waals surface area (Å²) in [5.74, 6) is -0.739. The normalized spacial score (nSPS) is 30.5. The van der Waals surface area contributed by atoms with Gasteiger partial charge in [0.2, 0.25) is 5.91 Å². The highest BCUT2D eigenvalue weighted by atomic mass is 35.5. The maximum absolute atomic E-state index is 12.9. The lowest BCUT2D eigenvalue weighted by atomic mass is 9.54. The van der Waals surface area contributed by atoms with Gasteiger partial charge >= 0.3 is 6.03 Å². The quantitative estimate of drug-likeness (QED) is 0.549. The molecule has 3 atom stereocenters. The van der Waals surface area contributed by atoms with Crippen LogP contribution < -0.4 is 21.7 Å². The molecule has 28 heavy (non-hydrogen) atoms. The van der Waals surface area contributed by atoms with Crippen molar-refractivity contribution in [1.82, 2.24) is 10.6 Å². The van der Waals surface area contributed by atoms with Crippen molar-refractivity contribution in [3.63, 3.8) is 0 Å². The molecule has 2 aliphatic rings. The summed E-state index contributed by atoms with van der Waals surface area (Å²) in [5.41, 5.74) is 4.74. The van der Waals surface area contributed by atoms with Crippen molar-refractivity contribution in [1.29, 1.82) is 0 Å². The molecule has 4 amide bonds. The van der Waals surface area contributed by atoms with Crippen molar-refractivity contribution in [2.75, 3.05) is 11.9 Å². The number of ether oxygens (including phenoxy) is 1. The molecule has 1 aliphatic carbocycles. The molecule has 9 heteroatoms. The van der Waals surface area contributed by atoms with E-state index >= 15 is 0 Å². The van der Waals surface area contributed by atoms with Crippen molar-refractivity contribution in [2.24, 2.45) is 11.1 Å². The van der Waals surface area contributed by atoms with Crippen LogP contribution in [-0.2, 0) is 19.9 Å². The molecule has 0 radical (unpaired) electrons. The molecule has 2 fully saturated rings. The number of hydrogen-bond acceptors (Lipinski definition) is 5. The van der Waals surface area contributed by atoms with Crippen LogP contribution in [0.4, 0.5) is 10.5 Å². The van der Waals surface area contributed by atoms with Crippen LogP contribution in [0.15, 0.2) is 24.3 Å². The van der Waals surface area contributed by atoms with Gasteiger partial charge in [0.1, 0.15) is 11.1 Å². The van der Waals surface area contributed by atoms with E-state index in [1.165, 1.54) is 0 Å². The minimum Gasteiger partial charge on any atom is -0.378 e. The van der Waals surface area contributed by atoms with E-state index < -0.39 is 28.4 Å². The van der Waals surface area contributed by atoms with Gasteiger partial charge in [-0.1, -0.05) is 26.0 Å². The lowest BCUT2D eigenvalue weighted by molar-refractivity contribution is -0.166. The number of carbonyl (C=O) groups excluding carboxylic acids is 3. The highest BCUT2D eigenvalue weighted by molar-refractivity contribution is 6.07. The van der Waals surface area contributed by atoms with Gasteiger partial charge < -0.3 is 21.1 Å². The summed E-state index contributed by atoms with van der Waals surface area (Å²) in [6.45, 7) is 7.94. The number of hydrogen-bond donors (Lipinski definition) is 4. The topological polar surface area (TPSA) is 123 Å². The number of urea groups is 1. The standard InChI is InChI=1S/C19H26N4O4.ClH/c1-5-27-13-10-19(20,17(13,2)3)15(25)21-12-8-6-7-11(9-12)18(4)14(24)22-16(26)23-18;/h6-9,13H,5,10,20H2,1-4H3,(H,21,25)(H2,22,23,24,26);1H. The van der Waals surface area contributed by atoms with Gasteiger partial charge in [-0.15, -0.1) is 12.4 Å². The predicted molar refractivity (Wildman–Crippen MR) is 107 cm³/mol.